The number of allylic oxidation sites excluding steroid dienone is 2. The van der Waals surface area contributed by atoms with Crippen molar-refractivity contribution in [2.24, 2.45) is 5.73 Å². The lowest BCUT2D eigenvalue weighted by molar-refractivity contribution is 0.233. The molecular formula is C10H17NO2. The Morgan fingerprint density at radius 2 is 2.08 bits per heavy atom. The molecule has 13 heavy (non-hydrogen) atoms. The van der Waals surface area contributed by atoms with E-state index in [2.05, 4.69) is 6.58 Å². The van der Waals surface area contributed by atoms with Crippen molar-refractivity contribution in [3.63, 3.8) is 0 Å². The van der Waals surface area contributed by atoms with E-state index in [1.807, 2.05) is 19.1 Å². The summed E-state index contributed by atoms with van der Waals surface area (Å²) in [5, 5.41) is 0. The SMILES string of the molecule is C=C(N)/C(=C\C(C)=C/COC)OC. The fourth-order valence-corrected chi connectivity index (χ4v) is 0.763. The van der Waals surface area contributed by atoms with Crippen molar-refractivity contribution in [1.29, 1.82) is 0 Å². The molecule has 0 atom stereocenters. The minimum absolute atomic E-state index is 0.424. The second-order valence-corrected chi connectivity index (χ2v) is 2.64. The molecule has 3 nitrogen and oxygen atoms in total. The minimum Gasteiger partial charge on any atom is -0.495 e. The number of hydrogen-bond donors (Lipinski definition) is 1. The summed E-state index contributed by atoms with van der Waals surface area (Å²) in [4.78, 5) is 0. The van der Waals surface area contributed by atoms with Gasteiger partial charge in [0.05, 0.1) is 19.4 Å². The van der Waals surface area contributed by atoms with Crippen LogP contribution in [0.4, 0.5) is 0 Å². The molecule has 0 spiro atoms. The fraction of sp³-hybridized carbons (Fsp3) is 0.400. The third kappa shape index (κ3) is 5.09. The topological polar surface area (TPSA) is 44.5 Å². The minimum atomic E-state index is 0.424. The second kappa shape index (κ2) is 6.31. The van der Waals surface area contributed by atoms with Gasteiger partial charge >= 0.3 is 0 Å². The number of methoxy groups -OCH3 is 2. The van der Waals surface area contributed by atoms with Gasteiger partial charge in [0.25, 0.3) is 0 Å². The van der Waals surface area contributed by atoms with Gasteiger partial charge < -0.3 is 15.2 Å². The Labute approximate surface area is 79.5 Å². The summed E-state index contributed by atoms with van der Waals surface area (Å²) in [6.45, 7) is 6.11. The van der Waals surface area contributed by atoms with Crippen molar-refractivity contribution in [1.82, 2.24) is 0 Å². The highest BCUT2D eigenvalue weighted by atomic mass is 16.5. The fourth-order valence-electron chi connectivity index (χ4n) is 0.763. The van der Waals surface area contributed by atoms with Gasteiger partial charge in [-0.1, -0.05) is 12.7 Å². The molecule has 0 aliphatic carbocycles. The van der Waals surface area contributed by atoms with Crippen LogP contribution in [0.15, 0.2) is 35.8 Å². The lowest BCUT2D eigenvalue weighted by atomic mass is 10.2. The normalized spacial score (nSPS) is 12.8. The van der Waals surface area contributed by atoms with E-state index in [-0.39, 0.29) is 0 Å². The summed E-state index contributed by atoms with van der Waals surface area (Å²) >= 11 is 0. The van der Waals surface area contributed by atoms with Crippen LogP contribution in [-0.4, -0.2) is 20.8 Å². The average Bonchev–Trinajstić information content (AvgIpc) is 2.10. The molecule has 0 fully saturated rings. The molecule has 0 aromatic carbocycles. The first-order valence-electron chi connectivity index (χ1n) is 3.98. The highest BCUT2D eigenvalue weighted by Gasteiger charge is 1.96. The zero-order valence-electron chi connectivity index (χ0n) is 8.46. The van der Waals surface area contributed by atoms with E-state index in [1.165, 1.54) is 0 Å². The zero-order valence-corrected chi connectivity index (χ0v) is 8.46. The van der Waals surface area contributed by atoms with Crippen LogP contribution in [0.1, 0.15) is 6.92 Å². The van der Waals surface area contributed by atoms with Gasteiger partial charge in [0.2, 0.25) is 0 Å². The average molecular weight is 183 g/mol. The van der Waals surface area contributed by atoms with Crippen molar-refractivity contribution in [2.45, 2.75) is 6.92 Å². The van der Waals surface area contributed by atoms with Crippen LogP contribution in [0.3, 0.4) is 0 Å². The third-order valence-corrected chi connectivity index (χ3v) is 1.47. The monoisotopic (exact) mass is 183 g/mol. The molecule has 0 amide bonds. The van der Waals surface area contributed by atoms with Gasteiger partial charge in [-0.2, -0.15) is 0 Å². The molecule has 0 aromatic heterocycles. The molecule has 0 saturated heterocycles. The smallest absolute Gasteiger partial charge is 0.141 e. The number of rotatable bonds is 5. The van der Waals surface area contributed by atoms with Crippen molar-refractivity contribution in [3.05, 3.63) is 35.8 Å². The summed E-state index contributed by atoms with van der Waals surface area (Å²) in [5.74, 6) is 0.588. The van der Waals surface area contributed by atoms with Crippen LogP contribution in [-0.2, 0) is 9.47 Å². The van der Waals surface area contributed by atoms with Crippen molar-refractivity contribution >= 4 is 0 Å². The van der Waals surface area contributed by atoms with Crippen LogP contribution in [0.2, 0.25) is 0 Å². The van der Waals surface area contributed by atoms with Gasteiger partial charge in [-0.05, 0) is 18.6 Å². The molecule has 0 radical (unpaired) electrons. The molecule has 0 bridgehead atoms. The maximum atomic E-state index is 5.48. The molecule has 0 unspecified atom stereocenters. The van der Waals surface area contributed by atoms with E-state index in [0.29, 0.717) is 18.1 Å². The summed E-state index contributed by atoms with van der Waals surface area (Å²) in [5.41, 5.74) is 6.93. The summed E-state index contributed by atoms with van der Waals surface area (Å²) in [6, 6.07) is 0. The molecule has 2 N–H and O–H groups in total. The third-order valence-electron chi connectivity index (χ3n) is 1.47. The lowest BCUT2D eigenvalue weighted by Crippen LogP contribution is -2.01. The van der Waals surface area contributed by atoms with Gasteiger partial charge in [-0.15, -0.1) is 0 Å². The highest BCUT2D eigenvalue weighted by Crippen LogP contribution is 2.07. The van der Waals surface area contributed by atoms with Crippen molar-refractivity contribution in [2.75, 3.05) is 20.8 Å². The Hall–Kier alpha value is -1.22. The van der Waals surface area contributed by atoms with Gasteiger partial charge in [0.15, 0.2) is 0 Å². The molecule has 0 saturated carbocycles. The largest absolute Gasteiger partial charge is 0.495 e. The number of nitrogens with two attached hydrogens (primary N) is 1. The molecule has 0 aliphatic heterocycles. The zero-order chi connectivity index (χ0) is 10.3. The van der Waals surface area contributed by atoms with Crippen LogP contribution in [0, 0.1) is 0 Å². The molecule has 0 aromatic rings. The molecule has 0 heterocycles. The van der Waals surface area contributed by atoms with Crippen LogP contribution in [0.5, 0.6) is 0 Å². The van der Waals surface area contributed by atoms with Crippen LogP contribution >= 0.6 is 0 Å². The van der Waals surface area contributed by atoms with E-state index in [1.54, 1.807) is 14.2 Å². The molecule has 0 aliphatic rings. The van der Waals surface area contributed by atoms with Gasteiger partial charge in [0, 0.05) is 7.11 Å². The first-order chi connectivity index (χ1) is 6.11. The Morgan fingerprint density at radius 3 is 2.46 bits per heavy atom. The Morgan fingerprint density at radius 1 is 1.46 bits per heavy atom. The molecule has 74 valence electrons. The maximum absolute atomic E-state index is 5.48. The quantitative estimate of drug-likeness (QED) is 0.520. The predicted molar refractivity (Wildman–Crippen MR) is 54.1 cm³/mol. The number of ether oxygens (including phenoxy) is 2. The Balaban J connectivity index is 4.41. The number of hydrogen-bond acceptors (Lipinski definition) is 3. The first-order valence-corrected chi connectivity index (χ1v) is 3.98. The highest BCUT2D eigenvalue weighted by molar-refractivity contribution is 5.28. The van der Waals surface area contributed by atoms with Crippen LogP contribution in [0.25, 0.3) is 0 Å². The Kier molecular flexibility index (Phi) is 5.72. The van der Waals surface area contributed by atoms with E-state index in [0.717, 1.165) is 5.57 Å². The van der Waals surface area contributed by atoms with E-state index < -0.39 is 0 Å². The Bertz CT molecular complexity index is 229. The van der Waals surface area contributed by atoms with E-state index in [9.17, 15) is 0 Å². The lowest BCUT2D eigenvalue weighted by Gasteiger charge is -2.04. The molecule has 3 heteroatoms. The predicted octanol–water partition coefficient (Wildman–Crippen LogP) is 1.58. The van der Waals surface area contributed by atoms with Crippen LogP contribution < -0.4 is 5.73 Å². The van der Waals surface area contributed by atoms with Crippen molar-refractivity contribution < 1.29 is 9.47 Å². The van der Waals surface area contributed by atoms with E-state index >= 15 is 0 Å². The van der Waals surface area contributed by atoms with Gasteiger partial charge in [-0.3, -0.25) is 0 Å². The summed E-state index contributed by atoms with van der Waals surface area (Å²) < 4.78 is 9.91. The standard InChI is InChI=1S/C10H17NO2/c1-8(5-6-12-3)7-10(13-4)9(2)11/h5,7H,2,6,11H2,1,3-4H3/b8-5-,10-7+. The van der Waals surface area contributed by atoms with Gasteiger partial charge in [-0.25, -0.2) is 0 Å². The molecule has 0 rings (SSSR count). The van der Waals surface area contributed by atoms with Crippen molar-refractivity contribution in [3.8, 4) is 0 Å². The first kappa shape index (κ1) is 11.8. The maximum Gasteiger partial charge on any atom is 0.141 e. The van der Waals surface area contributed by atoms with Gasteiger partial charge in [0.1, 0.15) is 5.76 Å². The second-order valence-electron chi connectivity index (χ2n) is 2.64. The molecular weight excluding hydrogens is 166 g/mol. The summed E-state index contributed by atoms with van der Waals surface area (Å²) in [6.07, 6.45) is 3.75. The summed E-state index contributed by atoms with van der Waals surface area (Å²) in [7, 11) is 3.21. The van der Waals surface area contributed by atoms with E-state index in [4.69, 9.17) is 15.2 Å².